The molecule has 0 radical (unpaired) electrons. The lowest BCUT2D eigenvalue weighted by molar-refractivity contribution is -0.214. The third-order valence-corrected chi connectivity index (χ3v) is 8.09. The summed E-state index contributed by atoms with van der Waals surface area (Å²) < 4.78 is 89.3. The zero-order valence-corrected chi connectivity index (χ0v) is 21.2. The number of carbonyl (C=O) groups is 1. The second-order valence-electron chi connectivity index (χ2n) is 10.6. The van der Waals surface area contributed by atoms with Crippen molar-refractivity contribution in [2.45, 2.75) is 43.6 Å². The standard InChI is InChI=1S/C26H28F6N4O3/c1-13(14-4-3-5-15(21(14)27)23(28)29)33-24(38)18-11-36(25(26(30,31)32)6-7-39-12-25)20(37)8-19(18)34-22-16-9-35(2)10-17(16)22/h3-5,8,11,13,16-17,22-23,34H,6-7,9-10,12H2,1-2H3,(H,33,38)/t13-,16-,17+,22+,25+/m1/s1. The van der Waals surface area contributed by atoms with Gasteiger partial charge in [-0.1, -0.05) is 18.2 Å². The highest BCUT2D eigenvalue weighted by Gasteiger charge is 2.59. The van der Waals surface area contributed by atoms with E-state index in [9.17, 15) is 35.9 Å². The molecule has 0 bridgehead atoms. The molecule has 1 aromatic heterocycles. The lowest BCUT2D eigenvalue weighted by Crippen LogP contribution is -2.52. The minimum Gasteiger partial charge on any atom is -0.381 e. The molecule has 2 aliphatic heterocycles. The van der Waals surface area contributed by atoms with E-state index < -0.39 is 60.1 Å². The smallest absolute Gasteiger partial charge is 0.381 e. The normalized spacial score (nSPS) is 27.5. The van der Waals surface area contributed by atoms with Crippen LogP contribution in [-0.2, 0) is 10.3 Å². The summed E-state index contributed by atoms with van der Waals surface area (Å²) in [4.78, 5) is 28.6. The highest BCUT2D eigenvalue weighted by atomic mass is 19.4. The minimum atomic E-state index is -4.85. The fourth-order valence-corrected chi connectivity index (χ4v) is 5.83. The number of fused-ring (bicyclic) bond motifs is 1. The van der Waals surface area contributed by atoms with Crippen molar-refractivity contribution >= 4 is 11.6 Å². The Morgan fingerprint density at radius 2 is 1.85 bits per heavy atom. The molecule has 3 aliphatic rings. The zero-order chi connectivity index (χ0) is 28.3. The van der Waals surface area contributed by atoms with Gasteiger partial charge in [-0.15, -0.1) is 0 Å². The van der Waals surface area contributed by atoms with Crippen LogP contribution in [0.1, 0.15) is 47.3 Å². The molecule has 39 heavy (non-hydrogen) atoms. The molecule has 3 heterocycles. The molecule has 13 heteroatoms. The van der Waals surface area contributed by atoms with Crippen LogP contribution in [0.4, 0.5) is 32.0 Å². The number of amides is 1. The number of piperidine rings is 1. The van der Waals surface area contributed by atoms with Crippen LogP contribution >= 0.6 is 0 Å². The number of pyridine rings is 1. The van der Waals surface area contributed by atoms with Crippen molar-refractivity contribution in [3.8, 4) is 0 Å². The van der Waals surface area contributed by atoms with Crippen molar-refractivity contribution in [1.29, 1.82) is 0 Å². The SMILES string of the molecule is C[C@@H](NC(=O)c1cn([C@@]2(C(F)(F)F)CCOC2)c(=O)cc1N[C@H]1[C@@H]2CN(C)C[C@@H]21)c1cccc(C(F)F)c1F. The molecular weight excluding hydrogens is 530 g/mol. The van der Waals surface area contributed by atoms with E-state index in [2.05, 4.69) is 15.5 Å². The Balaban J connectivity index is 1.51. The van der Waals surface area contributed by atoms with E-state index in [4.69, 9.17) is 4.74 Å². The van der Waals surface area contributed by atoms with Crippen LogP contribution in [0.25, 0.3) is 0 Å². The number of ether oxygens (including phenoxy) is 1. The van der Waals surface area contributed by atoms with Gasteiger partial charge in [0.25, 0.3) is 17.9 Å². The number of likely N-dealkylation sites (tertiary alicyclic amines) is 1. The van der Waals surface area contributed by atoms with Crippen LogP contribution < -0.4 is 16.2 Å². The minimum absolute atomic E-state index is 0.0565. The van der Waals surface area contributed by atoms with Gasteiger partial charge in [-0.2, -0.15) is 13.2 Å². The monoisotopic (exact) mass is 558 g/mol. The van der Waals surface area contributed by atoms with Gasteiger partial charge in [0.15, 0.2) is 5.54 Å². The lowest BCUT2D eigenvalue weighted by atomic mass is 9.96. The third kappa shape index (κ3) is 4.79. The van der Waals surface area contributed by atoms with Gasteiger partial charge in [-0.3, -0.25) is 14.2 Å². The number of anilines is 1. The molecule has 3 fully saturated rings. The van der Waals surface area contributed by atoms with E-state index in [0.29, 0.717) is 4.57 Å². The topological polar surface area (TPSA) is 75.6 Å². The Morgan fingerprint density at radius 3 is 2.44 bits per heavy atom. The summed E-state index contributed by atoms with van der Waals surface area (Å²) in [6.07, 6.45) is -7.56. The number of hydrogen-bond donors (Lipinski definition) is 2. The van der Waals surface area contributed by atoms with Crippen LogP contribution in [0, 0.1) is 17.7 Å². The Bertz CT molecular complexity index is 1310. The Labute approximate surface area is 220 Å². The summed E-state index contributed by atoms with van der Waals surface area (Å²) in [7, 11) is 1.97. The van der Waals surface area contributed by atoms with Crippen molar-refractivity contribution in [2.75, 3.05) is 38.7 Å². The quantitative estimate of drug-likeness (QED) is 0.502. The van der Waals surface area contributed by atoms with Crippen LogP contribution in [0.15, 0.2) is 35.3 Å². The highest BCUT2D eigenvalue weighted by Crippen LogP contribution is 2.47. The van der Waals surface area contributed by atoms with E-state index >= 15 is 0 Å². The lowest BCUT2D eigenvalue weighted by Gasteiger charge is -2.33. The summed E-state index contributed by atoms with van der Waals surface area (Å²) in [5.41, 5.74) is -4.84. The maximum Gasteiger partial charge on any atom is 0.414 e. The van der Waals surface area contributed by atoms with E-state index in [-0.39, 0.29) is 41.3 Å². The first-order valence-corrected chi connectivity index (χ1v) is 12.6. The molecule has 212 valence electrons. The average molecular weight is 559 g/mol. The molecule has 0 spiro atoms. The van der Waals surface area contributed by atoms with E-state index in [1.54, 1.807) is 0 Å². The van der Waals surface area contributed by atoms with Gasteiger partial charge in [-0.05, 0) is 25.8 Å². The van der Waals surface area contributed by atoms with Crippen molar-refractivity contribution in [3.05, 3.63) is 63.3 Å². The van der Waals surface area contributed by atoms with Crippen LogP contribution in [0.3, 0.4) is 0 Å². The number of hydrogen-bond acceptors (Lipinski definition) is 5. The molecule has 2 aromatic rings. The van der Waals surface area contributed by atoms with Crippen LogP contribution in [-0.4, -0.2) is 60.9 Å². The molecule has 1 saturated carbocycles. The third-order valence-electron chi connectivity index (χ3n) is 8.09. The largest absolute Gasteiger partial charge is 0.414 e. The Kier molecular flexibility index (Phi) is 6.94. The number of nitrogens with zero attached hydrogens (tertiary/aromatic N) is 2. The number of alkyl halides is 5. The predicted molar refractivity (Wildman–Crippen MR) is 129 cm³/mol. The van der Waals surface area contributed by atoms with Crippen molar-refractivity contribution in [1.82, 2.24) is 14.8 Å². The van der Waals surface area contributed by atoms with Crippen molar-refractivity contribution in [2.24, 2.45) is 11.8 Å². The number of halogens is 6. The molecule has 1 aromatic carbocycles. The summed E-state index contributed by atoms with van der Waals surface area (Å²) in [5, 5.41) is 5.66. The first-order valence-electron chi connectivity index (χ1n) is 12.6. The van der Waals surface area contributed by atoms with E-state index in [1.807, 2.05) is 7.05 Å². The molecular formula is C26H28F6N4O3. The van der Waals surface area contributed by atoms with Crippen LogP contribution in [0.2, 0.25) is 0 Å². The fraction of sp³-hybridized carbons (Fsp3) is 0.538. The molecule has 0 unspecified atom stereocenters. The summed E-state index contributed by atoms with van der Waals surface area (Å²) in [5.74, 6) is -1.54. The second-order valence-corrected chi connectivity index (χ2v) is 10.6. The van der Waals surface area contributed by atoms with Gasteiger partial charge in [0.05, 0.1) is 29.5 Å². The molecule has 2 saturated heterocycles. The number of aromatic nitrogens is 1. The molecule has 2 N–H and O–H groups in total. The van der Waals surface area contributed by atoms with Crippen LogP contribution in [0.5, 0.6) is 0 Å². The first kappa shape index (κ1) is 27.5. The number of benzene rings is 1. The van der Waals surface area contributed by atoms with Gasteiger partial charge in [0, 0.05) is 50.0 Å². The number of rotatable bonds is 7. The summed E-state index contributed by atoms with van der Waals surface area (Å²) >= 11 is 0. The average Bonchev–Trinajstić information content (AvgIpc) is 3.21. The van der Waals surface area contributed by atoms with Gasteiger partial charge in [-0.25, -0.2) is 13.2 Å². The molecule has 7 nitrogen and oxygen atoms in total. The number of carbonyl (C=O) groups excluding carboxylic acids is 1. The Morgan fingerprint density at radius 1 is 1.18 bits per heavy atom. The van der Waals surface area contributed by atoms with E-state index in [0.717, 1.165) is 31.4 Å². The molecule has 5 rings (SSSR count). The first-order chi connectivity index (χ1) is 18.3. The number of nitrogens with one attached hydrogen (secondary N) is 2. The fourth-order valence-electron chi connectivity index (χ4n) is 5.83. The Hall–Kier alpha value is -3.06. The van der Waals surface area contributed by atoms with Crippen molar-refractivity contribution in [3.63, 3.8) is 0 Å². The van der Waals surface area contributed by atoms with Crippen molar-refractivity contribution < 1.29 is 35.9 Å². The highest BCUT2D eigenvalue weighted by molar-refractivity contribution is 5.99. The molecule has 1 aliphatic carbocycles. The molecule has 1 amide bonds. The maximum atomic E-state index is 14.7. The van der Waals surface area contributed by atoms with Gasteiger partial charge in [0.1, 0.15) is 5.82 Å². The van der Waals surface area contributed by atoms with E-state index in [1.165, 1.54) is 19.1 Å². The zero-order valence-electron chi connectivity index (χ0n) is 21.2. The van der Waals surface area contributed by atoms with Gasteiger partial charge >= 0.3 is 6.18 Å². The van der Waals surface area contributed by atoms with Gasteiger partial charge < -0.3 is 20.3 Å². The second kappa shape index (κ2) is 9.84. The summed E-state index contributed by atoms with van der Waals surface area (Å²) in [6, 6.07) is 3.20. The van der Waals surface area contributed by atoms with Gasteiger partial charge in [0.2, 0.25) is 0 Å². The summed E-state index contributed by atoms with van der Waals surface area (Å²) in [6.45, 7) is 1.96. The molecule has 5 atom stereocenters. The maximum absolute atomic E-state index is 14.7. The predicted octanol–water partition coefficient (Wildman–Crippen LogP) is 4.07.